The van der Waals surface area contributed by atoms with E-state index < -0.39 is 0 Å². The molecule has 1 aromatic rings. The van der Waals surface area contributed by atoms with Crippen molar-refractivity contribution in [1.29, 1.82) is 0 Å². The van der Waals surface area contributed by atoms with E-state index in [1.54, 1.807) is 30.3 Å². The number of nitrogens with zero attached hydrogens (tertiary/aromatic N) is 4. The monoisotopic (exact) mass is 420 g/mol. The Morgan fingerprint density at radius 3 is 2.62 bits per heavy atom. The number of hydrogen-bond donors (Lipinski definition) is 2. The van der Waals surface area contributed by atoms with E-state index >= 15 is 0 Å². The average molecular weight is 421 g/mol. The Hall–Kier alpha value is -2.13. The molecule has 0 spiro atoms. The van der Waals surface area contributed by atoms with Gasteiger partial charge in [-0.3, -0.25) is 14.5 Å². The van der Waals surface area contributed by atoms with Crippen LogP contribution < -0.4 is 10.6 Å². The Morgan fingerprint density at radius 1 is 1.24 bits per heavy atom. The molecule has 1 aliphatic carbocycles. The lowest BCUT2D eigenvalue weighted by Crippen LogP contribution is -2.54. The molecule has 8 nitrogen and oxygen atoms in total. The molecule has 1 saturated heterocycles. The van der Waals surface area contributed by atoms with Crippen LogP contribution in [-0.4, -0.2) is 98.4 Å². The maximum atomic E-state index is 12.0. The lowest BCUT2D eigenvalue weighted by Gasteiger charge is -2.36. The van der Waals surface area contributed by atoms with Gasteiger partial charge in [0.1, 0.15) is 6.54 Å². The third-order valence-electron chi connectivity index (χ3n) is 5.08. The number of likely N-dealkylation sites (N-methyl/N-ethyl adjacent to an activating group) is 1. The van der Waals surface area contributed by atoms with Gasteiger partial charge in [-0.15, -0.1) is 11.3 Å². The molecule has 0 radical (unpaired) electrons. The quantitative estimate of drug-likeness (QED) is 0.465. The van der Waals surface area contributed by atoms with Gasteiger partial charge < -0.3 is 20.4 Å². The molecule has 2 fully saturated rings. The summed E-state index contributed by atoms with van der Waals surface area (Å²) in [6.45, 7) is 4.58. The van der Waals surface area contributed by atoms with Crippen LogP contribution in [0.25, 0.3) is 0 Å². The van der Waals surface area contributed by atoms with Crippen molar-refractivity contribution < 1.29 is 9.59 Å². The first-order valence-corrected chi connectivity index (χ1v) is 11.2. The zero-order valence-corrected chi connectivity index (χ0v) is 18.2. The van der Waals surface area contributed by atoms with Crippen molar-refractivity contribution in [2.75, 3.05) is 59.9 Å². The van der Waals surface area contributed by atoms with E-state index in [2.05, 4.69) is 42.9 Å². The third-order valence-corrected chi connectivity index (χ3v) is 6.02. The fourth-order valence-corrected chi connectivity index (χ4v) is 3.83. The Balaban J connectivity index is 1.50. The summed E-state index contributed by atoms with van der Waals surface area (Å²) >= 11 is 1.75. The number of carbonyl (C=O) groups excluding carboxylic acids is 2. The van der Waals surface area contributed by atoms with Gasteiger partial charge in [0.05, 0.1) is 6.54 Å². The fourth-order valence-electron chi connectivity index (χ4n) is 3.13. The molecule has 2 heterocycles. The predicted molar refractivity (Wildman–Crippen MR) is 116 cm³/mol. The van der Waals surface area contributed by atoms with Crippen molar-refractivity contribution in [2.24, 2.45) is 4.99 Å². The molecule has 1 aliphatic heterocycles. The summed E-state index contributed by atoms with van der Waals surface area (Å²) in [7, 11) is 3.49. The van der Waals surface area contributed by atoms with Gasteiger partial charge in [0.2, 0.25) is 11.8 Å². The van der Waals surface area contributed by atoms with Crippen LogP contribution in [0.3, 0.4) is 0 Å². The van der Waals surface area contributed by atoms with Crippen molar-refractivity contribution in [1.82, 2.24) is 25.3 Å². The van der Waals surface area contributed by atoms with Gasteiger partial charge in [-0.05, 0) is 30.7 Å². The summed E-state index contributed by atoms with van der Waals surface area (Å²) in [5.41, 5.74) is 0. The number of nitrogens with one attached hydrogen (secondary N) is 2. The van der Waals surface area contributed by atoms with Gasteiger partial charge >= 0.3 is 0 Å². The Kier molecular flexibility index (Phi) is 7.88. The zero-order valence-electron chi connectivity index (χ0n) is 17.4. The second-order valence-corrected chi connectivity index (χ2v) is 8.82. The van der Waals surface area contributed by atoms with Crippen molar-refractivity contribution in [2.45, 2.75) is 25.3 Å². The first kappa shape index (κ1) is 21.6. The van der Waals surface area contributed by atoms with E-state index in [0.29, 0.717) is 12.6 Å². The van der Waals surface area contributed by atoms with E-state index in [0.717, 1.165) is 57.9 Å². The van der Waals surface area contributed by atoms with Crippen molar-refractivity contribution in [3.05, 3.63) is 22.4 Å². The van der Waals surface area contributed by atoms with Crippen molar-refractivity contribution in [3.8, 4) is 0 Å². The second kappa shape index (κ2) is 10.6. The van der Waals surface area contributed by atoms with Gasteiger partial charge in [0.25, 0.3) is 0 Å². The normalized spacial score (nSPS) is 17.9. The molecular weight excluding hydrogens is 388 g/mol. The molecule has 3 rings (SSSR count). The molecule has 0 bridgehead atoms. The number of guanidine groups is 1. The molecule has 0 unspecified atom stereocenters. The second-order valence-electron chi connectivity index (χ2n) is 7.79. The number of aliphatic imine (C=N–C) groups is 1. The minimum absolute atomic E-state index is 0.0158. The molecular formula is C20H32N6O2S. The van der Waals surface area contributed by atoms with Crippen LogP contribution in [0.2, 0.25) is 0 Å². The molecule has 9 heteroatoms. The molecule has 2 aliphatic rings. The highest BCUT2D eigenvalue weighted by Crippen LogP contribution is 2.18. The summed E-state index contributed by atoms with van der Waals surface area (Å²) in [4.78, 5) is 35.8. The Labute approximate surface area is 176 Å². The predicted octanol–water partition coefficient (Wildman–Crippen LogP) is 0.221. The Bertz CT molecular complexity index is 694. The molecule has 29 heavy (non-hydrogen) atoms. The topological polar surface area (TPSA) is 80.3 Å². The lowest BCUT2D eigenvalue weighted by atomic mass is 10.3. The number of amides is 2. The van der Waals surface area contributed by atoms with Crippen molar-refractivity contribution >= 4 is 29.1 Å². The third kappa shape index (κ3) is 7.32. The van der Waals surface area contributed by atoms with Gasteiger partial charge in [-0.2, -0.15) is 0 Å². The van der Waals surface area contributed by atoms with E-state index in [4.69, 9.17) is 0 Å². The molecule has 160 valence electrons. The van der Waals surface area contributed by atoms with Crippen LogP contribution in [0.5, 0.6) is 0 Å². The van der Waals surface area contributed by atoms with Gasteiger partial charge in [-0.1, -0.05) is 6.07 Å². The van der Waals surface area contributed by atoms with Crippen LogP contribution >= 0.6 is 11.3 Å². The molecule has 2 amide bonds. The number of rotatable bonds is 8. The molecule has 2 N–H and O–H groups in total. The number of hydrogen-bond acceptors (Lipinski definition) is 5. The summed E-state index contributed by atoms with van der Waals surface area (Å²) in [6, 6.07) is 4.59. The van der Waals surface area contributed by atoms with Gasteiger partial charge in [0.15, 0.2) is 5.96 Å². The maximum Gasteiger partial charge on any atom is 0.243 e. The Morgan fingerprint density at radius 2 is 2.00 bits per heavy atom. The SMILES string of the molecule is CN(C)C(=O)CN=C(NCCc1cccs1)N1CCN(CC(=O)NC2CC2)CC1. The van der Waals surface area contributed by atoms with E-state index in [-0.39, 0.29) is 18.4 Å². The summed E-state index contributed by atoms with van der Waals surface area (Å²) in [5.74, 6) is 0.886. The number of thiophene rings is 1. The summed E-state index contributed by atoms with van der Waals surface area (Å²) in [6.07, 6.45) is 3.16. The summed E-state index contributed by atoms with van der Waals surface area (Å²) in [5, 5.41) is 8.56. The van der Waals surface area contributed by atoms with Gasteiger partial charge in [-0.25, -0.2) is 4.99 Å². The molecule has 1 aromatic heterocycles. The number of piperazine rings is 1. The van der Waals surface area contributed by atoms with Crippen molar-refractivity contribution in [3.63, 3.8) is 0 Å². The minimum atomic E-state index is -0.0158. The maximum absolute atomic E-state index is 12.0. The van der Waals surface area contributed by atoms with Crippen LogP contribution in [-0.2, 0) is 16.0 Å². The minimum Gasteiger partial charge on any atom is -0.356 e. The van der Waals surface area contributed by atoms with Crippen LogP contribution in [0.1, 0.15) is 17.7 Å². The molecule has 0 atom stereocenters. The van der Waals surface area contributed by atoms with Crippen LogP contribution in [0, 0.1) is 0 Å². The van der Waals surface area contributed by atoms with Gasteiger partial charge in [0, 0.05) is 57.7 Å². The fraction of sp³-hybridized carbons (Fsp3) is 0.650. The van der Waals surface area contributed by atoms with E-state index in [1.165, 1.54) is 4.88 Å². The number of carbonyl (C=O) groups is 2. The van der Waals surface area contributed by atoms with Crippen LogP contribution in [0.4, 0.5) is 0 Å². The van der Waals surface area contributed by atoms with E-state index in [9.17, 15) is 9.59 Å². The molecule has 1 saturated carbocycles. The highest BCUT2D eigenvalue weighted by atomic mass is 32.1. The largest absolute Gasteiger partial charge is 0.356 e. The highest BCUT2D eigenvalue weighted by molar-refractivity contribution is 7.09. The average Bonchev–Trinajstić information content (AvgIpc) is 3.35. The zero-order chi connectivity index (χ0) is 20.6. The lowest BCUT2D eigenvalue weighted by molar-refractivity contribution is -0.127. The smallest absolute Gasteiger partial charge is 0.243 e. The standard InChI is InChI=1S/C20H32N6O2S/c1-24(2)19(28)14-22-20(21-8-7-17-4-3-13-29-17)26-11-9-25(10-12-26)15-18(27)23-16-5-6-16/h3-4,13,16H,5-12,14-15H2,1-2H3,(H,21,22)(H,23,27). The summed E-state index contributed by atoms with van der Waals surface area (Å²) < 4.78 is 0. The highest BCUT2D eigenvalue weighted by Gasteiger charge is 2.26. The first-order chi connectivity index (χ1) is 14.0. The van der Waals surface area contributed by atoms with Crippen LogP contribution in [0.15, 0.2) is 22.5 Å². The first-order valence-electron chi connectivity index (χ1n) is 10.3. The van der Waals surface area contributed by atoms with E-state index in [1.807, 2.05) is 0 Å². The molecule has 0 aromatic carbocycles.